The first kappa shape index (κ1) is 13.8. The Morgan fingerprint density at radius 1 is 1.00 bits per heavy atom. The topological polar surface area (TPSA) is 12.4 Å². The van der Waals surface area contributed by atoms with Crippen molar-refractivity contribution < 1.29 is 0 Å². The van der Waals surface area contributed by atoms with E-state index in [1.165, 1.54) is 15.7 Å². The summed E-state index contributed by atoms with van der Waals surface area (Å²) in [7, 11) is 0. The zero-order valence-electron chi connectivity index (χ0n) is 10.8. The van der Waals surface area contributed by atoms with Gasteiger partial charge in [-0.15, -0.1) is 0 Å². The average molecular weight is 314 g/mol. The summed E-state index contributed by atoms with van der Waals surface area (Å²) in [6, 6.07) is 21.1. The minimum absolute atomic E-state index is 0.428. The van der Waals surface area contributed by atoms with Crippen LogP contribution in [0.25, 0.3) is 0 Å². The van der Waals surface area contributed by atoms with Crippen molar-refractivity contribution in [2.45, 2.75) is 5.32 Å². The molecule has 0 saturated carbocycles. The molecule has 0 N–H and O–H groups in total. The van der Waals surface area contributed by atoms with Gasteiger partial charge < -0.3 is 0 Å². The van der Waals surface area contributed by atoms with E-state index in [4.69, 9.17) is 0 Å². The fourth-order valence-corrected chi connectivity index (χ4v) is 3.61. The predicted octanol–water partition coefficient (Wildman–Crippen LogP) is 3.11. The molecule has 0 bridgehead atoms. The summed E-state index contributed by atoms with van der Waals surface area (Å²) < 4.78 is 1.41. The fourth-order valence-electron chi connectivity index (χ4n) is 1.69. The van der Waals surface area contributed by atoms with Crippen LogP contribution in [-0.4, -0.2) is 27.2 Å². The van der Waals surface area contributed by atoms with Crippen LogP contribution in [0.5, 0.6) is 0 Å². The molecule has 0 fully saturated rings. The fraction of sp³-hybridized carbons (Fsp3) is 0.118. The molecular weight excluding hydrogens is 297 g/mol. The van der Waals surface area contributed by atoms with Crippen molar-refractivity contribution >= 4 is 25.1 Å². The maximum atomic E-state index is 4.64. The van der Waals surface area contributed by atoms with Gasteiger partial charge in [-0.2, -0.15) is 0 Å². The Balaban J connectivity index is 2.09. The normalized spacial score (nSPS) is 11.3. The molecule has 0 aliphatic heterocycles. The summed E-state index contributed by atoms with van der Waals surface area (Å²) in [5.74, 6) is 0. The zero-order chi connectivity index (χ0) is 13.3. The first-order valence-electron chi connectivity index (χ1n) is 6.27. The Morgan fingerprint density at radius 3 is 2.26 bits per heavy atom. The van der Waals surface area contributed by atoms with Gasteiger partial charge in [0.1, 0.15) is 0 Å². The van der Waals surface area contributed by atoms with Gasteiger partial charge in [0.2, 0.25) is 0 Å². The van der Waals surface area contributed by atoms with E-state index in [0.717, 1.165) is 5.32 Å². The molecule has 19 heavy (non-hydrogen) atoms. The predicted molar refractivity (Wildman–Crippen MR) is 84.7 cm³/mol. The molecule has 0 atom stereocenters. The zero-order valence-corrected chi connectivity index (χ0v) is 12.5. The van der Waals surface area contributed by atoms with Crippen molar-refractivity contribution in [2.75, 3.05) is 6.54 Å². The molecule has 2 aromatic rings. The van der Waals surface area contributed by atoms with Gasteiger partial charge in [-0.25, -0.2) is 0 Å². The van der Waals surface area contributed by atoms with Crippen LogP contribution in [0.4, 0.5) is 0 Å². The molecule has 0 aliphatic carbocycles. The molecule has 0 aliphatic rings. The van der Waals surface area contributed by atoms with Crippen molar-refractivity contribution in [3.05, 3.63) is 78.9 Å². The Hall–Kier alpha value is -1.63. The van der Waals surface area contributed by atoms with Crippen LogP contribution in [-0.2, 0) is 0 Å². The van der Waals surface area contributed by atoms with Gasteiger partial charge in [0.25, 0.3) is 0 Å². The molecule has 0 saturated heterocycles. The number of hydrogen-bond donors (Lipinski definition) is 0. The summed E-state index contributed by atoms with van der Waals surface area (Å²) in [6.45, 7) is 4.43. The van der Waals surface area contributed by atoms with Gasteiger partial charge in [-0.3, -0.25) is 0 Å². The first-order valence-corrected chi connectivity index (χ1v) is 8.34. The van der Waals surface area contributed by atoms with Crippen LogP contribution in [0.1, 0.15) is 5.56 Å². The third-order valence-electron chi connectivity index (χ3n) is 2.64. The van der Waals surface area contributed by atoms with Crippen molar-refractivity contribution in [3.63, 3.8) is 0 Å². The SMILES string of the molecule is C=CCN=C(C[Se]c1ccccc1)c1ccccc1. The Morgan fingerprint density at radius 2 is 1.63 bits per heavy atom. The number of rotatable bonds is 6. The van der Waals surface area contributed by atoms with Crippen LogP contribution >= 0.6 is 0 Å². The molecule has 1 nitrogen and oxygen atoms in total. The summed E-state index contributed by atoms with van der Waals surface area (Å²) in [6.07, 6.45) is 1.85. The van der Waals surface area contributed by atoms with Crippen molar-refractivity contribution in [1.82, 2.24) is 0 Å². The second-order valence-electron chi connectivity index (χ2n) is 4.04. The van der Waals surface area contributed by atoms with Crippen LogP contribution in [0.3, 0.4) is 0 Å². The third kappa shape index (κ3) is 4.51. The van der Waals surface area contributed by atoms with Crippen LogP contribution in [0.2, 0.25) is 5.32 Å². The number of aliphatic imine (C=N–C) groups is 1. The summed E-state index contributed by atoms with van der Waals surface area (Å²) in [4.78, 5) is 4.64. The molecule has 0 spiro atoms. The van der Waals surface area contributed by atoms with Crippen LogP contribution in [0, 0.1) is 0 Å². The van der Waals surface area contributed by atoms with E-state index in [1.54, 1.807) is 0 Å². The Kier molecular flexibility index (Phi) is 5.61. The van der Waals surface area contributed by atoms with Crippen molar-refractivity contribution in [2.24, 2.45) is 4.99 Å². The molecule has 2 heteroatoms. The Bertz CT molecular complexity index is 532. The van der Waals surface area contributed by atoms with Gasteiger partial charge in [-0.05, 0) is 0 Å². The first-order chi connectivity index (χ1) is 9.40. The van der Waals surface area contributed by atoms with E-state index in [-0.39, 0.29) is 0 Å². The van der Waals surface area contributed by atoms with E-state index in [9.17, 15) is 0 Å². The van der Waals surface area contributed by atoms with Gasteiger partial charge in [0.05, 0.1) is 0 Å². The molecule has 0 unspecified atom stereocenters. The van der Waals surface area contributed by atoms with Gasteiger partial charge in [0, 0.05) is 0 Å². The number of hydrogen-bond acceptors (Lipinski definition) is 1. The number of benzene rings is 2. The molecule has 2 aromatic carbocycles. The van der Waals surface area contributed by atoms with E-state index >= 15 is 0 Å². The second kappa shape index (κ2) is 7.73. The molecule has 0 radical (unpaired) electrons. The molecule has 0 heterocycles. The minimum atomic E-state index is 0.428. The molecular formula is C17H17NSe. The molecule has 2 rings (SSSR count). The standard InChI is InChI=1S/C17H17NSe/c1-2-13-18-17(15-9-5-3-6-10-15)14-19-16-11-7-4-8-12-16/h2-12H,1,13-14H2. The van der Waals surface area contributed by atoms with Gasteiger partial charge in [-0.1, -0.05) is 0 Å². The van der Waals surface area contributed by atoms with E-state index in [0.29, 0.717) is 21.5 Å². The summed E-state index contributed by atoms with van der Waals surface area (Å²) in [5.41, 5.74) is 2.41. The molecule has 0 amide bonds. The molecule has 0 aromatic heterocycles. The average Bonchev–Trinajstić information content (AvgIpc) is 2.49. The monoisotopic (exact) mass is 315 g/mol. The summed E-state index contributed by atoms with van der Waals surface area (Å²) >= 11 is 0.428. The molecule has 96 valence electrons. The van der Waals surface area contributed by atoms with Crippen LogP contribution < -0.4 is 4.46 Å². The van der Waals surface area contributed by atoms with Crippen molar-refractivity contribution in [1.29, 1.82) is 0 Å². The third-order valence-corrected chi connectivity index (χ3v) is 4.78. The van der Waals surface area contributed by atoms with Crippen molar-refractivity contribution in [3.8, 4) is 0 Å². The van der Waals surface area contributed by atoms with Gasteiger partial charge >= 0.3 is 121 Å². The van der Waals surface area contributed by atoms with E-state index < -0.39 is 0 Å². The Labute approximate surface area is 121 Å². The second-order valence-corrected chi connectivity index (χ2v) is 6.24. The maximum absolute atomic E-state index is 4.64. The summed E-state index contributed by atoms with van der Waals surface area (Å²) in [5, 5.41) is 1.02. The number of nitrogens with zero attached hydrogens (tertiary/aromatic N) is 1. The quantitative estimate of drug-likeness (QED) is 0.441. The van der Waals surface area contributed by atoms with Gasteiger partial charge in [0.15, 0.2) is 0 Å². The van der Waals surface area contributed by atoms with Crippen LogP contribution in [0.15, 0.2) is 78.3 Å². The van der Waals surface area contributed by atoms with E-state index in [1.807, 2.05) is 12.1 Å². The van der Waals surface area contributed by atoms with E-state index in [2.05, 4.69) is 66.2 Å².